The van der Waals surface area contributed by atoms with Crippen molar-refractivity contribution in [3.8, 4) is 5.75 Å². The standard InChI is InChI=1S/C26H22N2O4S/c1-17-23(18(2)32-28-17)16-33-24-11-7-6-10-22(24)26(30)31-21-14-12-20(13-15-21)27-25(29)19-8-4-3-5-9-19/h3-15H,16H2,1-2H3,(H,27,29). The molecule has 0 unspecified atom stereocenters. The maximum absolute atomic E-state index is 12.8. The van der Waals surface area contributed by atoms with Crippen LogP contribution in [0.3, 0.4) is 0 Å². The van der Waals surface area contributed by atoms with E-state index < -0.39 is 5.97 Å². The summed E-state index contributed by atoms with van der Waals surface area (Å²) in [6.07, 6.45) is 0. The molecule has 0 saturated heterocycles. The van der Waals surface area contributed by atoms with Gasteiger partial charge in [-0.3, -0.25) is 4.79 Å². The second-order valence-corrected chi connectivity index (χ2v) is 8.34. The van der Waals surface area contributed by atoms with Crippen LogP contribution in [0.25, 0.3) is 0 Å². The van der Waals surface area contributed by atoms with Gasteiger partial charge in [0.15, 0.2) is 0 Å². The molecule has 0 aliphatic carbocycles. The molecule has 0 radical (unpaired) electrons. The Labute approximate surface area is 196 Å². The van der Waals surface area contributed by atoms with Crippen molar-refractivity contribution in [3.05, 3.63) is 107 Å². The van der Waals surface area contributed by atoms with Crippen LogP contribution in [0, 0.1) is 13.8 Å². The molecule has 4 aromatic rings. The number of nitrogens with one attached hydrogen (secondary N) is 1. The molecule has 1 amide bonds. The third kappa shape index (κ3) is 5.51. The van der Waals surface area contributed by atoms with E-state index in [2.05, 4.69) is 10.5 Å². The van der Waals surface area contributed by atoms with E-state index >= 15 is 0 Å². The number of thioether (sulfide) groups is 1. The smallest absolute Gasteiger partial charge is 0.344 e. The summed E-state index contributed by atoms with van der Waals surface area (Å²) in [5.74, 6) is 1.16. The highest BCUT2D eigenvalue weighted by Crippen LogP contribution is 2.29. The SMILES string of the molecule is Cc1noc(C)c1CSc1ccccc1C(=O)Oc1ccc(NC(=O)c2ccccc2)cc1. The molecule has 0 spiro atoms. The third-order valence-corrected chi connectivity index (χ3v) is 6.12. The fourth-order valence-corrected chi connectivity index (χ4v) is 4.37. The number of aromatic nitrogens is 1. The quantitative estimate of drug-likeness (QED) is 0.206. The monoisotopic (exact) mass is 458 g/mol. The predicted octanol–water partition coefficient (Wildman–Crippen LogP) is 6.06. The van der Waals surface area contributed by atoms with Crippen LogP contribution < -0.4 is 10.1 Å². The van der Waals surface area contributed by atoms with Crippen LogP contribution >= 0.6 is 11.8 Å². The molecule has 0 aliphatic rings. The topological polar surface area (TPSA) is 81.4 Å². The lowest BCUT2D eigenvalue weighted by Gasteiger charge is -2.10. The average molecular weight is 459 g/mol. The summed E-state index contributed by atoms with van der Waals surface area (Å²) >= 11 is 1.53. The summed E-state index contributed by atoms with van der Waals surface area (Å²) in [7, 11) is 0. The molecular weight excluding hydrogens is 436 g/mol. The number of carbonyl (C=O) groups excluding carboxylic acids is 2. The molecule has 0 saturated carbocycles. The Morgan fingerprint density at radius 2 is 1.64 bits per heavy atom. The number of ether oxygens (including phenoxy) is 1. The summed E-state index contributed by atoms with van der Waals surface area (Å²) in [6, 6.07) is 23.0. The summed E-state index contributed by atoms with van der Waals surface area (Å²) in [5, 5.41) is 6.80. The van der Waals surface area contributed by atoms with Gasteiger partial charge in [0.05, 0.1) is 11.3 Å². The molecule has 166 valence electrons. The van der Waals surface area contributed by atoms with E-state index in [1.165, 1.54) is 11.8 Å². The van der Waals surface area contributed by atoms with Crippen molar-refractivity contribution in [1.82, 2.24) is 5.16 Å². The van der Waals surface area contributed by atoms with Crippen molar-refractivity contribution in [1.29, 1.82) is 0 Å². The van der Waals surface area contributed by atoms with Gasteiger partial charge in [0.2, 0.25) is 0 Å². The first-order chi connectivity index (χ1) is 16.0. The maximum atomic E-state index is 12.8. The van der Waals surface area contributed by atoms with Crippen LogP contribution in [0.5, 0.6) is 5.75 Å². The first-order valence-corrected chi connectivity index (χ1v) is 11.3. The van der Waals surface area contributed by atoms with Crippen LogP contribution in [-0.2, 0) is 5.75 Å². The lowest BCUT2D eigenvalue weighted by atomic mass is 10.2. The van der Waals surface area contributed by atoms with Gasteiger partial charge in [0.25, 0.3) is 5.91 Å². The maximum Gasteiger partial charge on any atom is 0.344 e. The third-order valence-electron chi connectivity index (χ3n) is 5.02. The molecule has 1 aromatic heterocycles. The number of anilines is 1. The lowest BCUT2D eigenvalue weighted by Crippen LogP contribution is -2.12. The van der Waals surface area contributed by atoms with Gasteiger partial charge in [-0.25, -0.2) is 4.79 Å². The number of benzene rings is 3. The predicted molar refractivity (Wildman–Crippen MR) is 128 cm³/mol. The van der Waals surface area contributed by atoms with E-state index in [0.717, 1.165) is 21.9 Å². The van der Waals surface area contributed by atoms with Crippen molar-refractivity contribution >= 4 is 29.3 Å². The Hall–Kier alpha value is -3.84. The minimum atomic E-state index is -0.446. The van der Waals surface area contributed by atoms with Crippen molar-refractivity contribution in [2.75, 3.05) is 5.32 Å². The molecule has 7 heteroatoms. The van der Waals surface area contributed by atoms with Crippen molar-refractivity contribution in [2.24, 2.45) is 0 Å². The molecule has 0 bridgehead atoms. The number of hydrogen-bond donors (Lipinski definition) is 1. The number of hydrogen-bond acceptors (Lipinski definition) is 6. The zero-order chi connectivity index (χ0) is 23.2. The number of amides is 1. The van der Waals surface area contributed by atoms with Crippen molar-refractivity contribution < 1.29 is 18.8 Å². The Bertz CT molecular complexity index is 1250. The number of rotatable bonds is 7. The fourth-order valence-electron chi connectivity index (χ4n) is 3.18. The molecule has 3 aromatic carbocycles. The molecule has 0 atom stereocenters. The van der Waals surface area contributed by atoms with E-state index in [9.17, 15) is 9.59 Å². The molecule has 0 aliphatic heterocycles. The zero-order valence-electron chi connectivity index (χ0n) is 18.2. The van der Waals surface area contributed by atoms with Crippen LogP contribution in [-0.4, -0.2) is 17.0 Å². The number of esters is 1. The molecule has 6 nitrogen and oxygen atoms in total. The van der Waals surface area contributed by atoms with Gasteiger partial charge in [0, 0.05) is 27.5 Å². The molecular formula is C26H22N2O4S. The Balaban J connectivity index is 1.41. The van der Waals surface area contributed by atoms with Crippen molar-refractivity contribution in [3.63, 3.8) is 0 Å². The van der Waals surface area contributed by atoms with Gasteiger partial charge >= 0.3 is 5.97 Å². The minimum Gasteiger partial charge on any atom is -0.423 e. The Kier molecular flexibility index (Phi) is 6.90. The van der Waals surface area contributed by atoms with E-state index in [4.69, 9.17) is 9.26 Å². The highest BCUT2D eigenvalue weighted by atomic mass is 32.2. The fraction of sp³-hybridized carbons (Fsp3) is 0.115. The highest BCUT2D eigenvalue weighted by molar-refractivity contribution is 7.98. The summed E-state index contributed by atoms with van der Waals surface area (Å²) in [5.41, 5.74) is 3.53. The van der Waals surface area contributed by atoms with Crippen LogP contribution in [0.15, 0.2) is 88.3 Å². The second-order valence-electron chi connectivity index (χ2n) is 7.32. The van der Waals surface area contributed by atoms with Gasteiger partial charge in [-0.2, -0.15) is 0 Å². The van der Waals surface area contributed by atoms with Gasteiger partial charge in [-0.1, -0.05) is 35.5 Å². The van der Waals surface area contributed by atoms with Gasteiger partial charge < -0.3 is 14.6 Å². The number of nitrogens with zero attached hydrogens (tertiary/aromatic N) is 1. The molecule has 0 fully saturated rings. The largest absolute Gasteiger partial charge is 0.423 e. The summed E-state index contributed by atoms with van der Waals surface area (Å²) in [6.45, 7) is 3.78. The van der Waals surface area contributed by atoms with Crippen LogP contribution in [0.1, 0.15) is 37.7 Å². The molecule has 1 heterocycles. The molecule has 1 N–H and O–H groups in total. The Morgan fingerprint density at radius 1 is 0.939 bits per heavy atom. The minimum absolute atomic E-state index is 0.204. The first kappa shape index (κ1) is 22.4. The molecule has 4 rings (SSSR count). The van der Waals surface area contributed by atoms with E-state index in [1.807, 2.05) is 44.2 Å². The van der Waals surface area contributed by atoms with Crippen LogP contribution in [0.2, 0.25) is 0 Å². The van der Waals surface area contributed by atoms with E-state index in [1.54, 1.807) is 48.5 Å². The lowest BCUT2D eigenvalue weighted by molar-refractivity contribution is 0.0731. The molecule has 33 heavy (non-hydrogen) atoms. The Morgan fingerprint density at radius 3 is 2.33 bits per heavy atom. The van der Waals surface area contributed by atoms with E-state index in [0.29, 0.717) is 28.3 Å². The summed E-state index contributed by atoms with van der Waals surface area (Å²) in [4.78, 5) is 25.9. The average Bonchev–Trinajstić information content (AvgIpc) is 3.16. The van der Waals surface area contributed by atoms with Gasteiger partial charge in [-0.05, 0) is 62.4 Å². The van der Waals surface area contributed by atoms with E-state index in [-0.39, 0.29) is 5.91 Å². The normalized spacial score (nSPS) is 10.6. The summed E-state index contributed by atoms with van der Waals surface area (Å²) < 4.78 is 10.8. The second kappa shape index (κ2) is 10.2. The number of carbonyl (C=O) groups is 2. The first-order valence-electron chi connectivity index (χ1n) is 10.3. The number of aryl methyl sites for hydroxylation is 2. The highest BCUT2D eigenvalue weighted by Gasteiger charge is 2.16. The van der Waals surface area contributed by atoms with Crippen molar-refractivity contribution in [2.45, 2.75) is 24.5 Å². The van der Waals surface area contributed by atoms with Crippen LogP contribution in [0.4, 0.5) is 5.69 Å². The zero-order valence-corrected chi connectivity index (χ0v) is 19.0. The van der Waals surface area contributed by atoms with Gasteiger partial charge in [0.1, 0.15) is 11.5 Å². The van der Waals surface area contributed by atoms with Gasteiger partial charge in [-0.15, -0.1) is 11.8 Å².